The minimum atomic E-state index is -0.161. The van der Waals surface area contributed by atoms with Crippen LogP contribution in [0.4, 0.5) is 4.39 Å². The number of halogens is 2. The minimum absolute atomic E-state index is 0.161. The molecule has 0 saturated carbocycles. The predicted octanol–water partition coefficient (Wildman–Crippen LogP) is 5.47. The molecule has 5 unspecified atom stereocenters. The van der Waals surface area contributed by atoms with Crippen molar-refractivity contribution in [2.24, 2.45) is 11.8 Å². The number of alkyl halides is 1. The van der Waals surface area contributed by atoms with Crippen LogP contribution in [0.15, 0.2) is 36.4 Å². The van der Waals surface area contributed by atoms with Gasteiger partial charge < -0.3 is 4.74 Å². The summed E-state index contributed by atoms with van der Waals surface area (Å²) in [5.41, 5.74) is 1.15. The van der Waals surface area contributed by atoms with E-state index in [-0.39, 0.29) is 22.9 Å². The third-order valence-corrected chi connectivity index (χ3v) is 5.96. The van der Waals surface area contributed by atoms with Gasteiger partial charge in [0.05, 0.1) is 12.2 Å². The lowest BCUT2D eigenvalue weighted by Crippen LogP contribution is -2.22. The Bertz CT molecular complexity index is 657. The number of benzene rings is 2. The smallest absolute Gasteiger partial charge is 0.131 e. The van der Waals surface area contributed by atoms with Crippen molar-refractivity contribution in [2.45, 2.75) is 37.8 Å². The van der Waals surface area contributed by atoms with Crippen LogP contribution in [-0.2, 0) is 4.74 Å². The molecule has 0 radical (unpaired) electrons. The SMILES string of the molecule is CC1OC(C)C(C(Br)c2ccc(F)c3ccccc23)C1C. The maximum atomic E-state index is 14.0. The van der Waals surface area contributed by atoms with Crippen molar-refractivity contribution >= 4 is 26.7 Å². The summed E-state index contributed by atoms with van der Waals surface area (Å²) in [5.74, 6) is 0.688. The van der Waals surface area contributed by atoms with Crippen LogP contribution in [-0.4, -0.2) is 12.2 Å². The molecule has 0 spiro atoms. The highest BCUT2D eigenvalue weighted by molar-refractivity contribution is 9.09. The van der Waals surface area contributed by atoms with Gasteiger partial charge in [0.2, 0.25) is 0 Å². The van der Waals surface area contributed by atoms with Crippen LogP contribution >= 0.6 is 15.9 Å². The molecule has 1 saturated heterocycles. The zero-order valence-electron chi connectivity index (χ0n) is 12.5. The molecule has 3 heteroatoms. The largest absolute Gasteiger partial charge is 0.375 e. The van der Waals surface area contributed by atoms with Gasteiger partial charge >= 0.3 is 0 Å². The minimum Gasteiger partial charge on any atom is -0.375 e. The van der Waals surface area contributed by atoms with E-state index in [1.807, 2.05) is 30.3 Å². The molecule has 0 bridgehead atoms. The van der Waals surface area contributed by atoms with Crippen molar-refractivity contribution in [1.82, 2.24) is 0 Å². The van der Waals surface area contributed by atoms with Crippen LogP contribution in [0, 0.1) is 17.7 Å². The summed E-state index contributed by atoms with van der Waals surface area (Å²) < 4.78 is 19.9. The summed E-state index contributed by atoms with van der Waals surface area (Å²) in [5, 5.41) is 1.67. The van der Waals surface area contributed by atoms with Crippen LogP contribution in [0.1, 0.15) is 31.2 Å². The van der Waals surface area contributed by atoms with Gasteiger partial charge in [0.1, 0.15) is 5.82 Å². The molecule has 1 aliphatic rings. The zero-order chi connectivity index (χ0) is 15.1. The lowest BCUT2D eigenvalue weighted by molar-refractivity contribution is 0.0511. The summed E-state index contributed by atoms with van der Waals surface area (Å²) >= 11 is 3.86. The van der Waals surface area contributed by atoms with E-state index in [2.05, 4.69) is 36.7 Å². The fourth-order valence-electron chi connectivity index (χ4n) is 3.53. The van der Waals surface area contributed by atoms with Crippen molar-refractivity contribution in [3.05, 3.63) is 47.8 Å². The van der Waals surface area contributed by atoms with Crippen molar-refractivity contribution in [3.8, 4) is 0 Å². The van der Waals surface area contributed by atoms with Gasteiger partial charge in [-0.25, -0.2) is 4.39 Å². The van der Waals surface area contributed by atoms with E-state index < -0.39 is 0 Å². The van der Waals surface area contributed by atoms with E-state index >= 15 is 0 Å². The molecule has 3 rings (SSSR count). The Morgan fingerprint density at radius 2 is 1.67 bits per heavy atom. The van der Waals surface area contributed by atoms with Crippen molar-refractivity contribution in [2.75, 3.05) is 0 Å². The molecule has 0 amide bonds. The molecule has 0 aliphatic carbocycles. The first-order chi connectivity index (χ1) is 10.0. The van der Waals surface area contributed by atoms with E-state index in [0.717, 1.165) is 10.9 Å². The Labute approximate surface area is 133 Å². The molecule has 2 aromatic rings. The molecule has 5 atom stereocenters. The Morgan fingerprint density at radius 1 is 1.00 bits per heavy atom. The Kier molecular flexibility index (Phi) is 4.06. The zero-order valence-corrected chi connectivity index (χ0v) is 14.1. The molecule has 1 aliphatic heterocycles. The van der Waals surface area contributed by atoms with E-state index in [4.69, 9.17) is 4.74 Å². The van der Waals surface area contributed by atoms with E-state index in [0.29, 0.717) is 17.2 Å². The summed E-state index contributed by atoms with van der Waals surface area (Å²) in [6.45, 7) is 6.49. The van der Waals surface area contributed by atoms with E-state index in [1.54, 1.807) is 6.07 Å². The number of fused-ring (bicyclic) bond motifs is 1. The standard InChI is InChI=1S/C18H20BrFO/c1-10-11(2)21-12(3)17(10)18(19)15-8-9-16(20)14-7-5-4-6-13(14)15/h4-12,17-18H,1-3H3. The monoisotopic (exact) mass is 350 g/mol. The first-order valence-electron chi connectivity index (χ1n) is 7.47. The number of hydrogen-bond acceptors (Lipinski definition) is 1. The average molecular weight is 351 g/mol. The van der Waals surface area contributed by atoms with Crippen LogP contribution in [0.25, 0.3) is 10.8 Å². The first-order valence-corrected chi connectivity index (χ1v) is 8.39. The van der Waals surface area contributed by atoms with Gasteiger partial charge in [0, 0.05) is 16.1 Å². The first kappa shape index (κ1) is 15.0. The van der Waals surface area contributed by atoms with Crippen LogP contribution in [0.3, 0.4) is 0 Å². The average Bonchev–Trinajstić information content (AvgIpc) is 2.72. The fraction of sp³-hybridized carbons (Fsp3) is 0.444. The Balaban J connectivity index is 2.06. The highest BCUT2D eigenvalue weighted by Gasteiger charge is 2.41. The highest BCUT2D eigenvalue weighted by Crippen LogP contribution is 2.46. The fourth-order valence-corrected chi connectivity index (χ4v) is 4.84. The van der Waals surface area contributed by atoms with Crippen LogP contribution < -0.4 is 0 Å². The third-order valence-electron chi connectivity index (χ3n) is 4.86. The molecule has 21 heavy (non-hydrogen) atoms. The molecule has 1 fully saturated rings. The summed E-state index contributed by atoms with van der Waals surface area (Å²) in [4.78, 5) is 0.165. The van der Waals surface area contributed by atoms with E-state index in [9.17, 15) is 4.39 Å². The Hall–Kier alpha value is -0.930. The molecule has 0 N–H and O–H groups in total. The summed E-state index contributed by atoms with van der Waals surface area (Å²) in [6.07, 6.45) is 0.458. The predicted molar refractivity (Wildman–Crippen MR) is 88.2 cm³/mol. The van der Waals surface area contributed by atoms with Gasteiger partial charge in [-0.15, -0.1) is 0 Å². The lowest BCUT2D eigenvalue weighted by atomic mass is 9.83. The second kappa shape index (κ2) is 5.69. The van der Waals surface area contributed by atoms with Gasteiger partial charge in [-0.3, -0.25) is 0 Å². The summed E-state index contributed by atoms with van der Waals surface area (Å²) in [7, 11) is 0. The second-order valence-electron chi connectivity index (χ2n) is 6.07. The van der Waals surface area contributed by atoms with Gasteiger partial charge in [-0.05, 0) is 36.8 Å². The normalized spacial score (nSPS) is 30.7. The van der Waals surface area contributed by atoms with Crippen LogP contribution in [0.2, 0.25) is 0 Å². The topological polar surface area (TPSA) is 9.23 Å². The molecule has 1 nitrogen and oxygen atoms in total. The van der Waals surface area contributed by atoms with Crippen molar-refractivity contribution in [3.63, 3.8) is 0 Å². The quantitative estimate of drug-likeness (QED) is 0.652. The Morgan fingerprint density at radius 3 is 2.29 bits per heavy atom. The van der Waals surface area contributed by atoms with Gasteiger partial charge in [-0.2, -0.15) is 0 Å². The summed E-state index contributed by atoms with van der Waals surface area (Å²) in [6, 6.07) is 11.2. The highest BCUT2D eigenvalue weighted by atomic mass is 79.9. The number of ether oxygens (including phenoxy) is 1. The van der Waals surface area contributed by atoms with Crippen molar-refractivity contribution < 1.29 is 9.13 Å². The maximum absolute atomic E-state index is 14.0. The molecule has 1 heterocycles. The molecular formula is C18H20BrFO. The van der Waals surface area contributed by atoms with Crippen LogP contribution in [0.5, 0.6) is 0 Å². The third kappa shape index (κ3) is 2.51. The van der Waals surface area contributed by atoms with E-state index in [1.165, 1.54) is 0 Å². The maximum Gasteiger partial charge on any atom is 0.131 e. The molecule has 112 valence electrons. The molecule has 2 aromatic carbocycles. The van der Waals surface area contributed by atoms with Gasteiger partial charge in [0.15, 0.2) is 0 Å². The molecule has 0 aromatic heterocycles. The second-order valence-corrected chi connectivity index (χ2v) is 7.05. The van der Waals surface area contributed by atoms with Gasteiger partial charge in [-0.1, -0.05) is 53.2 Å². The van der Waals surface area contributed by atoms with Crippen molar-refractivity contribution in [1.29, 1.82) is 0 Å². The number of rotatable bonds is 2. The lowest BCUT2D eigenvalue weighted by Gasteiger charge is -2.26. The molecular weight excluding hydrogens is 331 g/mol. The van der Waals surface area contributed by atoms with Gasteiger partial charge in [0.25, 0.3) is 0 Å². The number of hydrogen-bond donors (Lipinski definition) is 0.